The van der Waals surface area contributed by atoms with Gasteiger partial charge in [-0.05, 0) is 24.3 Å². The van der Waals surface area contributed by atoms with Gasteiger partial charge < -0.3 is 15.5 Å². The average molecular weight is 294 g/mol. The Labute approximate surface area is 119 Å². The summed E-state index contributed by atoms with van der Waals surface area (Å²) in [6.45, 7) is 0. The van der Waals surface area contributed by atoms with Crippen LogP contribution in [0.15, 0.2) is 40.8 Å². The minimum atomic E-state index is 0.353. The van der Waals surface area contributed by atoms with Crippen LogP contribution >= 0.6 is 23.2 Å². The molecule has 6 heteroatoms. The van der Waals surface area contributed by atoms with Crippen LogP contribution in [0.3, 0.4) is 0 Å². The Morgan fingerprint density at radius 1 is 1.11 bits per heavy atom. The smallest absolute Gasteiger partial charge is 0.300 e. The van der Waals surface area contributed by atoms with E-state index in [2.05, 4.69) is 10.3 Å². The molecule has 0 saturated carbocycles. The van der Waals surface area contributed by atoms with Crippen LogP contribution in [-0.2, 0) is 0 Å². The first-order valence-corrected chi connectivity index (χ1v) is 6.26. The lowest BCUT2D eigenvalue weighted by molar-refractivity contribution is 0.623. The highest BCUT2D eigenvalue weighted by Crippen LogP contribution is 2.32. The number of rotatable bonds is 2. The Morgan fingerprint density at radius 2 is 1.79 bits per heavy atom. The van der Waals surface area contributed by atoms with E-state index in [-0.39, 0.29) is 0 Å². The van der Waals surface area contributed by atoms with Crippen molar-refractivity contribution in [1.82, 2.24) is 4.98 Å². The number of anilines is 3. The van der Waals surface area contributed by atoms with E-state index < -0.39 is 0 Å². The predicted molar refractivity (Wildman–Crippen MR) is 78.2 cm³/mol. The number of nitrogens with two attached hydrogens (primary N) is 1. The number of hydrogen-bond acceptors (Lipinski definition) is 4. The largest absolute Gasteiger partial charge is 0.423 e. The van der Waals surface area contributed by atoms with E-state index in [1.54, 1.807) is 12.1 Å². The van der Waals surface area contributed by atoms with Gasteiger partial charge in [0.05, 0.1) is 15.7 Å². The molecule has 3 aromatic rings. The Balaban J connectivity index is 1.96. The van der Waals surface area contributed by atoms with E-state index in [0.29, 0.717) is 33.0 Å². The molecule has 0 unspecified atom stereocenters. The molecular weight excluding hydrogens is 285 g/mol. The molecular formula is C13H9Cl2N3O. The average Bonchev–Trinajstić information content (AvgIpc) is 2.78. The second kappa shape index (κ2) is 4.64. The Morgan fingerprint density at radius 3 is 2.47 bits per heavy atom. The number of benzene rings is 2. The van der Waals surface area contributed by atoms with Gasteiger partial charge >= 0.3 is 0 Å². The molecule has 1 aromatic heterocycles. The lowest BCUT2D eigenvalue weighted by atomic mass is 10.3. The number of nitrogen functional groups attached to an aromatic ring is 1. The van der Waals surface area contributed by atoms with Crippen LogP contribution in [-0.4, -0.2) is 4.98 Å². The number of fused-ring (bicyclic) bond motifs is 1. The van der Waals surface area contributed by atoms with E-state index >= 15 is 0 Å². The Kier molecular flexibility index (Phi) is 2.97. The van der Waals surface area contributed by atoms with E-state index in [1.807, 2.05) is 24.3 Å². The van der Waals surface area contributed by atoms with Gasteiger partial charge in [0.25, 0.3) is 6.01 Å². The van der Waals surface area contributed by atoms with Crippen molar-refractivity contribution in [3.8, 4) is 0 Å². The summed E-state index contributed by atoms with van der Waals surface area (Å²) in [5.41, 5.74) is 8.17. The summed E-state index contributed by atoms with van der Waals surface area (Å²) in [6.07, 6.45) is 0. The summed E-state index contributed by atoms with van der Waals surface area (Å²) in [5.74, 6) is 0. The van der Waals surface area contributed by atoms with Crippen LogP contribution in [0, 0.1) is 0 Å². The standard InChI is InChI=1S/C13H9Cl2N3O/c14-8-5-7(6-9(15)12(8)16)17-13-18-10-3-1-2-4-11(10)19-13/h1-6H,16H2,(H,17,18). The molecule has 0 atom stereocenters. The molecule has 0 amide bonds. The zero-order chi connectivity index (χ0) is 13.4. The highest BCUT2D eigenvalue weighted by atomic mass is 35.5. The zero-order valence-electron chi connectivity index (χ0n) is 9.65. The second-order valence-electron chi connectivity index (χ2n) is 3.97. The van der Waals surface area contributed by atoms with Crippen molar-refractivity contribution < 1.29 is 4.42 Å². The summed E-state index contributed by atoms with van der Waals surface area (Å²) < 4.78 is 5.54. The minimum Gasteiger partial charge on any atom is -0.423 e. The summed E-state index contributed by atoms with van der Waals surface area (Å²) in [4.78, 5) is 4.29. The van der Waals surface area contributed by atoms with E-state index in [0.717, 1.165) is 5.52 Å². The van der Waals surface area contributed by atoms with Crippen LogP contribution in [0.25, 0.3) is 11.1 Å². The molecule has 96 valence electrons. The first kappa shape index (κ1) is 12.1. The second-order valence-corrected chi connectivity index (χ2v) is 4.78. The molecule has 0 bridgehead atoms. The fraction of sp³-hybridized carbons (Fsp3) is 0. The molecule has 0 fully saturated rings. The number of para-hydroxylation sites is 2. The molecule has 0 saturated heterocycles. The fourth-order valence-corrected chi connectivity index (χ4v) is 2.19. The van der Waals surface area contributed by atoms with Gasteiger partial charge in [-0.3, -0.25) is 0 Å². The molecule has 0 aliphatic rings. The third-order valence-electron chi connectivity index (χ3n) is 2.62. The number of aromatic nitrogens is 1. The third-order valence-corrected chi connectivity index (χ3v) is 3.25. The lowest BCUT2D eigenvalue weighted by Gasteiger charge is -2.06. The quantitative estimate of drug-likeness (QED) is 0.685. The normalized spacial score (nSPS) is 10.8. The van der Waals surface area contributed by atoms with Crippen LogP contribution in [0.4, 0.5) is 17.4 Å². The van der Waals surface area contributed by atoms with E-state index in [4.69, 9.17) is 33.4 Å². The van der Waals surface area contributed by atoms with Crippen molar-refractivity contribution in [2.24, 2.45) is 0 Å². The number of oxazole rings is 1. The molecule has 4 nitrogen and oxygen atoms in total. The van der Waals surface area contributed by atoms with Crippen LogP contribution < -0.4 is 11.1 Å². The van der Waals surface area contributed by atoms with Gasteiger partial charge in [-0.2, -0.15) is 4.98 Å². The van der Waals surface area contributed by atoms with Gasteiger partial charge in [-0.25, -0.2) is 0 Å². The van der Waals surface area contributed by atoms with Crippen molar-refractivity contribution in [2.45, 2.75) is 0 Å². The van der Waals surface area contributed by atoms with Gasteiger partial charge in [-0.1, -0.05) is 35.3 Å². The van der Waals surface area contributed by atoms with Crippen molar-refractivity contribution in [2.75, 3.05) is 11.1 Å². The van der Waals surface area contributed by atoms with Crippen molar-refractivity contribution in [3.05, 3.63) is 46.4 Å². The molecule has 1 heterocycles. The first-order chi connectivity index (χ1) is 9.13. The molecule has 0 aliphatic carbocycles. The summed E-state index contributed by atoms with van der Waals surface area (Å²) in [5, 5.41) is 3.76. The maximum Gasteiger partial charge on any atom is 0.300 e. The Hall–Kier alpha value is -1.91. The molecule has 0 aliphatic heterocycles. The van der Waals surface area contributed by atoms with Crippen molar-refractivity contribution in [1.29, 1.82) is 0 Å². The number of nitrogens with zero attached hydrogens (tertiary/aromatic N) is 1. The summed E-state index contributed by atoms with van der Waals surface area (Å²) >= 11 is 11.9. The maximum atomic E-state index is 5.96. The maximum absolute atomic E-state index is 5.96. The van der Waals surface area contributed by atoms with Gasteiger partial charge in [-0.15, -0.1) is 0 Å². The van der Waals surface area contributed by atoms with E-state index in [9.17, 15) is 0 Å². The minimum absolute atomic E-state index is 0.353. The number of hydrogen-bond donors (Lipinski definition) is 2. The molecule has 19 heavy (non-hydrogen) atoms. The first-order valence-electron chi connectivity index (χ1n) is 5.50. The zero-order valence-corrected chi connectivity index (χ0v) is 11.2. The molecule has 0 spiro atoms. The van der Waals surface area contributed by atoms with Gasteiger partial charge in [0.2, 0.25) is 0 Å². The third kappa shape index (κ3) is 2.32. The molecule has 3 rings (SSSR count). The molecule has 2 aromatic carbocycles. The van der Waals surface area contributed by atoms with Gasteiger partial charge in [0, 0.05) is 5.69 Å². The van der Waals surface area contributed by atoms with Crippen LogP contribution in [0.5, 0.6) is 0 Å². The van der Waals surface area contributed by atoms with Crippen LogP contribution in [0.1, 0.15) is 0 Å². The monoisotopic (exact) mass is 293 g/mol. The predicted octanol–water partition coefficient (Wildman–Crippen LogP) is 4.46. The Bertz CT molecular complexity index is 698. The lowest BCUT2D eigenvalue weighted by Crippen LogP contribution is -1.93. The summed E-state index contributed by atoms with van der Waals surface area (Å²) in [7, 11) is 0. The molecule has 3 N–H and O–H groups in total. The van der Waals surface area contributed by atoms with Crippen LogP contribution in [0.2, 0.25) is 10.0 Å². The summed E-state index contributed by atoms with van der Waals surface area (Å²) in [6, 6.07) is 11.2. The van der Waals surface area contributed by atoms with E-state index in [1.165, 1.54) is 0 Å². The number of halogens is 2. The highest BCUT2D eigenvalue weighted by Gasteiger charge is 2.08. The highest BCUT2D eigenvalue weighted by molar-refractivity contribution is 6.39. The van der Waals surface area contributed by atoms with Crippen molar-refractivity contribution >= 4 is 51.7 Å². The SMILES string of the molecule is Nc1c(Cl)cc(Nc2nc3ccccc3o2)cc1Cl. The number of nitrogens with one attached hydrogen (secondary N) is 1. The van der Waals surface area contributed by atoms with Gasteiger partial charge in [0.1, 0.15) is 5.52 Å². The van der Waals surface area contributed by atoms with Gasteiger partial charge in [0.15, 0.2) is 5.58 Å². The topological polar surface area (TPSA) is 64.1 Å². The fourth-order valence-electron chi connectivity index (χ4n) is 1.71. The molecule has 0 radical (unpaired) electrons. The van der Waals surface area contributed by atoms with Crippen molar-refractivity contribution in [3.63, 3.8) is 0 Å².